The van der Waals surface area contributed by atoms with Crippen LogP contribution in [-0.2, 0) is 20.8 Å². The Kier molecular flexibility index (Phi) is 13.1. The molecule has 0 saturated carbocycles. The van der Waals surface area contributed by atoms with Crippen LogP contribution >= 0.6 is 17.0 Å². The van der Waals surface area contributed by atoms with E-state index in [1.165, 1.54) is 66.1 Å². The van der Waals surface area contributed by atoms with Gasteiger partial charge in [-0.15, -0.1) is 68.1 Å². The Bertz CT molecular complexity index is 1410. The van der Waals surface area contributed by atoms with Crippen molar-refractivity contribution in [2.24, 2.45) is 0 Å². The number of fused-ring (bicyclic) bond motifs is 2. The molecule has 0 amide bonds. The average Bonchev–Trinajstić information content (AvgIpc) is 3.63. The molecule has 0 aliphatic carbocycles. The van der Waals surface area contributed by atoms with E-state index in [4.69, 9.17) is 17.0 Å². The molecule has 0 saturated heterocycles. The second kappa shape index (κ2) is 16.3. The molecule has 40 heavy (non-hydrogen) atoms. The van der Waals surface area contributed by atoms with Crippen LogP contribution in [0.15, 0.2) is 109 Å². The molecule has 0 N–H and O–H groups in total. The van der Waals surface area contributed by atoms with Crippen molar-refractivity contribution in [1.82, 2.24) is 0 Å². The monoisotopic (exact) mass is 656 g/mol. The van der Waals surface area contributed by atoms with Crippen LogP contribution < -0.4 is 0 Å². The van der Waals surface area contributed by atoms with Crippen LogP contribution in [0.25, 0.3) is 43.8 Å². The third-order valence-electron chi connectivity index (χ3n) is 6.86. The fourth-order valence-corrected chi connectivity index (χ4v) is 4.78. The van der Waals surface area contributed by atoms with Gasteiger partial charge in [0, 0.05) is 9.52 Å². The van der Waals surface area contributed by atoms with Gasteiger partial charge >= 0.3 is 37.9 Å². The molecule has 0 unspecified atom stereocenters. The van der Waals surface area contributed by atoms with Gasteiger partial charge in [0.2, 0.25) is 0 Å². The summed E-state index contributed by atoms with van der Waals surface area (Å²) in [6.07, 6.45) is 0. The van der Waals surface area contributed by atoms with Gasteiger partial charge in [0.1, 0.15) is 0 Å². The Morgan fingerprint density at radius 1 is 0.525 bits per heavy atom. The molecular formula is C36H36Cl2SiZr. The topological polar surface area (TPSA) is 0 Å². The van der Waals surface area contributed by atoms with Gasteiger partial charge in [-0.05, 0) is 13.8 Å². The van der Waals surface area contributed by atoms with E-state index in [1.807, 2.05) is 0 Å². The number of rotatable bonds is 2. The van der Waals surface area contributed by atoms with E-state index in [9.17, 15) is 0 Å². The number of hydrogen-bond donors (Lipinski definition) is 0. The van der Waals surface area contributed by atoms with Gasteiger partial charge in [-0.3, -0.25) is 0 Å². The summed E-state index contributed by atoms with van der Waals surface area (Å²) in [4.78, 5) is 0. The molecule has 4 heteroatoms. The Labute approximate surface area is 261 Å². The standard InChI is InChI=1S/2C17H15.C2H6Si.2ClH.Zr/c2*1-12-8-9-13(2)17-11-15(10-16(12)17)14-6-4-3-5-7-14;1-3-2;;;/h2*3-11H,1-2H3;1-2H3;2*1H;/q2*-1;;;;+4/p-2. The van der Waals surface area contributed by atoms with Gasteiger partial charge in [-0.25, -0.2) is 0 Å². The van der Waals surface area contributed by atoms with Gasteiger partial charge in [0.05, 0.1) is 0 Å². The first kappa shape index (κ1) is 32.3. The minimum absolute atomic E-state index is 0.826. The van der Waals surface area contributed by atoms with Crippen LogP contribution in [0.3, 0.4) is 0 Å². The van der Waals surface area contributed by atoms with E-state index in [2.05, 4.69) is 150 Å². The molecule has 0 spiro atoms. The molecule has 202 valence electrons. The first-order valence-corrected chi connectivity index (χ1v) is 21.7. The summed E-state index contributed by atoms with van der Waals surface area (Å²) in [6.45, 7) is 13.0. The number of halogens is 2. The van der Waals surface area contributed by atoms with Crippen molar-refractivity contribution in [2.45, 2.75) is 40.8 Å². The Hall–Kier alpha value is -2.22. The summed E-state index contributed by atoms with van der Waals surface area (Å²) in [7, 11) is 11.0. The first-order valence-electron chi connectivity index (χ1n) is 13.3. The van der Waals surface area contributed by atoms with E-state index >= 15 is 0 Å². The van der Waals surface area contributed by atoms with Crippen LogP contribution in [-0.4, -0.2) is 9.52 Å². The van der Waals surface area contributed by atoms with Gasteiger partial charge in [0.25, 0.3) is 0 Å². The van der Waals surface area contributed by atoms with E-state index in [1.54, 1.807) is 0 Å². The minimum atomic E-state index is -0.826. The van der Waals surface area contributed by atoms with E-state index in [0.717, 1.165) is 9.52 Å². The summed E-state index contributed by atoms with van der Waals surface area (Å²) >= 11 is -0.826. The molecule has 2 radical (unpaired) electrons. The van der Waals surface area contributed by atoms with Crippen molar-refractivity contribution in [3.63, 3.8) is 0 Å². The summed E-state index contributed by atoms with van der Waals surface area (Å²) < 4.78 is 0. The van der Waals surface area contributed by atoms with E-state index in [-0.39, 0.29) is 0 Å². The van der Waals surface area contributed by atoms with Crippen molar-refractivity contribution >= 4 is 48.1 Å². The van der Waals surface area contributed by atoms with Gasteiger partial charge in [-0.2, -0.15) is 0 Å². The van der Waals surface area contributed by atoms with Crippen LogP contribution in [0.2, 0.25) is 13.1 Å². The molecular weight excluding hydrogens is 623 g/mol. The number of benzene rings is 4. The zero-order valence-corrected chi connectivity index (χ0v) is 29.1. The van der Waals surface area contributed by atoms with Crippen LogP contribution in [0.1, 0.15) is 22.3 Å². The van der Waals surface area contributed by atoms with Gasteiger partial charge < -0.3 is 0 Å². The normalized spacial score (nSPS) is 10.0. The van der Waals surface area contributed by atoms with Crippen LogP contribution in [0, 0.1) is 27.7 Å². The predicted octanol–water partition coefficient (Wildman–Crippen LogP) is 11.8. The number of hydrogen-bond acceptors (Lipinski definition) is 0. The molecule has 0 atom stereocenters. The predicted molar refractivity (Wildman–Crippen MR) is 178 cm³/mol. The first-order chi connectivity index (χ1) is 19.3. The molecule has 0 heterocycles. The maximum absolute atomic E-state index is 4.93. The van der Waals surface area contributed by atoms with Crippen LogP contribution in [0.5, 0.6) is 0 Å². The third-order valence-corrected chi connectivity index (χ3v) is 6.86. The summed E-state index contributed by atoms with van der Waals surface area (Å²) in [5.74, 6) is 0. The molecule has 0 aliphatic rings. The Balaban J connectivity index is 0.000000185. The maximum atomic E-state index is 4.93. The fourth-order valence-electron chi connectivity index (χ4n) is 4.78. The zero-order chi connectivity index (χ0) is 29.1. The number of aryl methyl sites for hydroxylation is 4. The molecule has 6 aromatic carbocycles. The molecule has 0 aromatic heterocycles. The molecule has 0 bridgehead atoms. The molecule has 0 nitrogen and oxygen atoms in total. The zero-order valence-electron chi connectivity index (χ0n) is 24.1. The van der Waals surface area contributed by atoms with Crippen molar-refractivity contribution in [1.29, 1.82) is 0 Å². The van der Waals surface area contributed by atoms with Gasteiger partial charge in [0.15, 0.2) is 0 Å². The quantitative estimate of drug-likeness (QED) is 0.128. The summed E-state index contributed by atoms with van der Waals surface area (Å²) in [6, 6.07) is 39.1. The summed E-state index contributed by atoms with van der Waals surface area (Å²) in [5.41, 5.74) is 10.6. The second-order valence-corrected chi connectivity index (χ2v) is 14.6. The third kappa shape index (κ3) is 8.40. The van der Waals surface area contributed by atoms with Crippen molar-refractivity contribution in [3.05, 3.63) is 131 Å². The summed E-state index contributed by atoms with van der Waals surface area (Å²) in [5, 5.41) is 5.51. The molecule has 6 rings (SSSR count). The van der Waals surface area contributed by atoms with Gasteiger partial charge in [-0.1, -0.05) is 134 Å². The fraction of sp³-hybridized carbons (Fsp3) is 0.167. The van der Waals surface area contributed by atoms with E-state index < -0.39 is 20.8 Å². The molecule has 6 aromatic rings. The average molecular weight is 659 g/mol. The molecule has 0 aliphatic heterocycles. The van der Waals surface area contributed by atoms with Crippen molar-refractivity contribution in [3.8, 4) is 22.3 Å². The van der Waals surface area contributed by atoms with E-state index in [0.29, 0.717) is 0 Å². The van der Waals surface area contributed by atoms with Crippen LogP contribution in [0.4, 0.5) is 0 Å². The van der Waals surface area contributed by atoms with Crippen molar-refractivity contribution < 1.29 is 20.8 Å². The second-order valence-electron chi connectivity index (χ2n) is 9.84. The van der Waals surface area contributed by atoms with Crippen molar-refractivity contribution in [2.75, 3.05) is 0 Å². The molecule has 0 fully saturated rings. The Morgan fingerprint density at radius 3 is 1.12 bits per heavy atom. The Morgan fingerprint density at radius 2 is 0.825 bits per heavy atom. The SMILES string of the molecule is C[Si]C.Cc1ccc(C)c2[cH-]c(-c3ccccc3)cc12.Cc1ccc(C)c2[cH-]c(-c3ccccc3)cc12.[Cl][Zr+2][Cl].